The maximum Gasteiger partial charge on any atom is 0.326 e. The maximum atomic E-state index is 12.0. The van der Waals surface area contributed by atoms with E-state index in [4.69, 9.17) is 9.47 Å². The van der Waals surface area contributed by atoms with E-state index in [1.54, 1.807) is 7.11 Å². The molecule has 18 heavy (non-hydrogen) atoms. The van der Waals surface area contributed by atoms with Gasteiger partial charge >= 0.3 is 5.97 Å². The minimum atomic E-state index is -0.515. The fraction of sp³-hybridized carbons (Fsp3) is 0.500. The molecule has 0 aromatic heterocycles. The van der Waals surface area contributed by atoms with Crippen LogP contribution in [0.2, 0.25) is 0 Å². The quantitative estimate of drug-likeness (QED) is 0.828. The summed E-state index contributed by atoms with van der Waals surface area (Å²) in [6.45, 7) is 3.06. The second kappa shape index (κ2) is 5.40. The summed E-state index contributed by atoms with van der Waals surface area (Å²) in [5, 5.41) is 3.19. The molecule has 0 amide bonds. The molecule has 1 heterocycles. The van der Waals surface area contributed by atoms with Crippen LogP contribution in [0.25, 0.3) is 0 Å². The number of esters is 1. The predicted octanol–water partition coefficient (Wildman–Crippen LogP) is 1.88. The molecule has 1 atom stereocenters. The average Bonchev–Trinajstić information content (AvgIpc) is 2.84. The number of rotatable bonds is 4. The first-order valence-electron chi connectivity index (χ1n) is 6.19. The fourth-order valence-corrected chi connectivity index (χ4v) is 2.14. The minimum Gasteiger partial charge on any atom is -0.497 e. The number of nitrogens with one attached hydrogen (secondary N) is 1. The molecule has 2 rings (SSSR count). The van der Waals surface area contributed by atoms with E-state index in [9.17, 15) is 4.79 Å². The highest BCUT2D eigenvalue weighted by Crippen LogP contribution is 2.21. The number of hydrogen-bond donors (Lipinski definition) is 1. The fourth-order valence-electron chi connectivity index (χ4n) is 2.14. The predicted molar refractivity (Wildman–Crippen MR) is 68.4 cm³/mol. The van der Waals surface area contributed by atoms with Crippen molar-refractivity contribution >= 4 is 5.97 Å². The van der Waals surface area contributed by atoms with Gasteiger partial charge in [0, 0.05) is 0 Å². The third-order valence-electron chi connectivity index (χ3n) is 3.32. The summed E-state index contributed by atoms with van der Waals surface area (Å²) >= 11 is 0. The Kier molecular flexibility index (Phi) is 3.87. The normalized spacial score (nSPS) is 22.8. The first-order valence-corrected chi connectivity index (χ1v) is 6.19. The van der Waals surface area contributed by atoms with Crippen LogP contribution in [0, 0.1) is 0 Å². The van der Waals surface area contributed by atoms with E-state index in [-0.39, 0.29) is 12.6 Å². The summed E-state index contributed by atoms with van der Waals surface area (Å²) in [4.78, 5) is 12.0. The van der Waals surface area contributed by atoms with Crippen molar-refractivity contribution in [3.8, 4) is 5.75 Å². The van der Waals surface area contributed by atoms with Crippen LogP contribution in [-0.2, 0) is 16.1 Å². The third-order valence-corrected chi connectivity index (χ3v) is 3.32. The Balaban J connectivity index is 1.92. The molecule has 0 bridgehead atoms. The Bertz CT molecular complexity index is 425. The number of ether oxygens (including phenoxy) is 2. The Labute approximate surface area is 107 Å². The van der Waals surface area contributed by atoms with Crippen LogP contribution >= 0.6 is 0 Å². The molecule has 1 aliphatic rings. The van der Waals surface area contributed by atoms with Gasteiger partial charge in [-0.2, -0.15) is 0 Å². The zero-order valence-corrected chi connectivity index (χ0v) is 10.9. The van der Waals surface area contributed by atoms with Gasteiger partial charge in [0.05, 0.1) is 7.11 Å². The molecule has 0 spiro atoms. The molecule has 1 aromatic carbocycles. The highest BCUT2D eigenvalue weighted by molar-refractivity contribution is 5.80. The molecule has 1 aliphatic heterocycles. The SMILES string of the molecule is COc1cccc(COC(=O)C2(C)CCCN2)c1. The highest BCUT2D eigenvalue weighted by Gasteiger charge is 2.37. The number of benzene rings is 1. The van der Waals surface area contributed by atoms with Crippen molar-refractivity contribution in [1.82, 2.24) is 5.32 Å². The molecule has 98 valence electrons. The Morgan fingerprint density at radius 2 is 2.33 bits per heavy atom. The van der Waals surface area contributed by atoms with E-state index in [2.05, 4.69) is 5.32 Å². The van der Waals surface area contributed by atoms with E-state index in [1.807, 2.05) is 31.2 Å². The summed E-state index contributed by atoms with van der Waals surface area (Å²) in [6, 6.07) is 7.54. The molecule has 1 unspecified atom stereocenters. The van der Waals surface area contributed by atoms with Gasteiger partial charge in [-0.1, -0.05) is 12.1 Å². The topological polar surface area (TPSA) is 47.6 Å². The largest absolute Gasteiger partial charge is 0.497 e. The van der Waals surface area contributed by atoms with Crippen molar-refractivity contribution in [2.24, 2.45) is 0 Å². The van der Waals surface area contributed by atoms with Crippen molar-refractivity contribution < 1.29 is 14.3 Å². The lowest BCUT2D eigenvalue weighted by Crippen LogP contribution is -2.45. The van der Waals surface area contributed by atoms with Gasteiger partial charge in [-0.25, -0.2) is 0 Å². The van der Waals surface area contributed by atoms with E-state index in [1.165, 1.54) is 0 Å². The van der Waals surface area contributed by atoms with Gasteiger partial charge in [-0.15, -0.1) is 0 Å². The van der Waals surface area contributed by atoms with Gasteiger partial charge in [-0.3, -0.25) is 4.79 Å². The van der Waals surface area contributed by atoms with Crippen LogP contribution in [-0.4, -0.2) is 25.2 Å². The van der Waals surface area contributed by atoms with E-state index in [0.717, 1.165) is 30.7 Å². The Morgan fingerprint density at radius 1 is 1.50 bits per heavy atom. The molecular weight excluding hydrogens is 230 g/mol. The summed E-state index contributed by atoms with van der Waals surface area (Å²) in [5.74, 6) is 0.594. The van der Waals surface area contributed by atoms with Gasteiger partial charge in [-0.05, 0) is 44.0 Å². The van der Waals surface area contributed by atoms with Gasteiger partial charge in [0.2, 0.25) is 0 Å². The molecular formula is C14H19NO3. The lowest BCUT2D eigenvalue weighted by molar-refractivity contribution is -0.151. The monoisotopic (exact) mass is 249 g/mol. The molecule has 0 aliphatic carbocycles. The molecule has 4 heteroatoms. The number of carbonyl (C=O) groups is 1. The van der Waals surface area contributed by atoms with Crippen LogP contribution < -0.4 is 10.1 Å². The molecule has 1 N–H and O–H groups in total. The Morgan fingerprint density at radius 3 is 3.00 bits per heavy atom. The Hall–Kier alpha value is -1.55. The van der Waals surface area contributed by atoms with Gasteiger partial charge in [0.25, 0.3) is 0 Å². The summed E-state index contributed by atoms with van der Waals surface area (Å²) in [7, 11) is 1.62. The standard InChI is InChI=1S/C14H19NO3/c1-14(7-4-8-15-14)13(16)18-10-11-5-3-6-12(9-11)17-2/h3,5-6,9,15H,4,7-8,10H2,1-2H3. The second-order valence-corrected chi connectivity index (χ2v) is 4.79. The van der Waals surface area contributed by atoms with Gasteiger partial charge in [0.1, 0.15) is 17.9 Å². The summed E-state index contributed by atoms with van der Waals surface area (Å²) in [6.07, 6.45) is 1.86. The van der Waals surface area contributed by atoms with Crippen molar-refractivity contribution in [1.29, 1.82) is 0 Å². The summed E-state index contributed by atoms with van der Waals surface area (Å²) in [5.41, 5.74) is 0.420. The maximum absolute atomic E-state index is 12.0. The first kappa shape index (κ1) is 12.9. The molecule has 1 aromatic rings. The van der Waals surface area contributed by atoms with Gasteiger partial charge in [0.15, 0.2) is 0 Å². The van der Waals surface area contributed by atoms with Gasteiger partial charge < -0.3 is 14.8 Å². The molecule has 1 saturated heterocycles. The molecule has 1 fully saturated rings. The van der Waals surface area contributed by atoms with Crippen LogP contribution in [0.1, 0.15) is 25.3 Å². The van der Waals surface area contributed by atoms with E-state index < -0.39 is 5.54 Å². The van der Waals surface area contributed by atoms with Crippen molar-refractivity contribution in [2.75, 3.05) is 13.7 Å². The first-order chi connectivity index (χ1) is 8.64. The van der Waals surface area contributed by atoms with Crippen LogP contribution in [0.3, 0.4) is 0 Å². The lowest BCUT2D eigenvalue weighted by Gasteiger charge is -2.21. The number of methoxy groups -OCH3 is 1. The third kappa shape index (κ3) is 2.82. The minimum absolute atomic E-state index is 0.178. The second-order valence-electron chi connectivity index (χ2n) is 4.79. The van der Waals surface area contributed by atoms with Crippen molar-refractivity contribution in [3.05, 3.63) is 29.8 Å². The van der Waals surface area contributed by atoms with Crippen LogP contribution in [0.15, 0.2) is 24.3 Å². The van der Waals surface area contributed by atoms with E-state index >= 15 is 0 Å². The number of hydrogen-bond acceptors (Lipinski definition) is 4. The summed E-state index contributed by atoms with van der Waals surface area (Å²) < 4.78 is 10.5. The highest BCUT2D eigenvalue weighted by atomic mass is 16.5. The number of carbonyl (C=O) groups excluding carboxylic acids is 1. The van der Waals surface area contributed by atoms with Crippen molar-refractivity contribution in [2.45, 2.75) is 31.9 Å². The van der Waals surface area contributed by atoms with Crippen LogP contribution in [0.5, 0.6) is 5.75 Å². The molecule has 4 nitrogen and oxygen atoms in total. The van der Waals surface area contributed by atoms with E-state index in [0.29, 0.717) is 0 Å². The smallest absolute Gasteiger partial charge is 0.326 e. The van der Waals surface area contributed by atoms with Crippen molar-refractivity contribution in [3.63, 3.8) is 0 Å². The van der Waals surface area contributed by atoms with Crippen LogP contribution in [0.4, 0.5) is 0 Å². The molecule has 0 saturated carbocycles. The zero-order chi connectivity index (χ0) is 13.0. The zero-order valence-electron chi connectivity index (χ0n) is 10.9. The average molecular weight is 249 g/mol. The molecule has 0 radical (unpaired) electrons. The lowest BCUT2D eigenvalue weighted by atomic mass is 10.0.